The van der Waals surface area contributed by atoms with Crippen LogP contribution in [-0.2, 0) is 14.3 Å². The van der Waals surface area contributed by atoms with Gasteiger partial charge in [0.1, 0.15) is 30.5 Å². The van der Waals surface area contributed by atoms with Crippen LogP contribution < -0.4 is 5.32 Å². The average molecular weight is 698 g/mol. The van der Waals surface area contributed by atoms with Gasteiger partial charge in [0, 0.05) is 0 Å². The monoisotopic (exact) mass is 698 g/mol. The number of rotatable bonds is 30. The first kappa shape index (κ1) is 45.4. The molecule has 10 heteroatoms. The molecule has 0 bridgehead atoms. The quantitative estimate of drug-likeness (QED) is 0.0378. The number of nitrogens with one attached hydrogen (secondary N) is 1. The molecule has 0 aromatic heterocycles. The maximum absolute atomic E-state index is 12.9. The second-order valence-corrected chi connectivity index (χ2v) is 13.5. The highest BCUT2D eigenvalue weighted by Crippen LogP contribution is 2.22. The number of aliphatic hydroxyl groups is 6. The Bertz CT molecular complexity index is 881. The smallest absolute Gasteiger partial charge is 0.249 e. The molecule has 8 unspecified atom stereocenters. The van der Waals surface area contributed by atoms with Gasteiger partial charge < -0.3 is 45.4 Å². The van der Waals surface area contributed by atoms with Gasteiger partial charge in [-0.1, -0.05) is 127 Å². The molecular formula is C39H71NO9. The minimum atomic E-state index is -1.62. The lowest BCUT2D eigenvalue weighted by molar-refractivity contribution is -0.302. The lowest BCUT2D eigenvalue weighted by Gasteiger charge is -2.40. The van der Waals surface area contributed by atoms with E-state index in [2.05, 4.69) is 43.5 Å². The van der Waals surface area contributed by atoms with E-state index in [0.717, 1.165) is 38.5 Å². The molecule has 0 spiro atoms. The number of aliphatic hydroxyl groups excluding tert-OH is 6. The van der Waals surface area contributed by atoms with E-state index in [1.165, 1.54) is 70.6 Å². The first-order chi connectivity index (χ1) is 23.8. The molecule has 0 aliphatic carbocycles. The first-order valence-electron chi connectivity index (χ1n) is 19.3. The average Bonchev–Trinajstić information content (AvgIpc) is 3.10. The fourth-order valence-electron chi connectivity index (χ4n) is 5.74. The predicted molar refractivity (Wildman–Crippen MR) is 195 cm³/mol. The fraction of sp³-hybridized carbons (Fsp3) is 0.821. The van der Waals surface area contributed by atoms with Crippen molar-refractivity contribution in [1.29, 1.82) is 0 Å². The van der Waals surface area contributed by atoms with E-state index in [-0.39, 0.29) is 13.0 Å². The number of unbranched alkanes of at least 4 members (excludes halogenated alkanes) is 15. The van der Waals surface area contributed by atoms with Gasteiger partial charge in [0.15, 0.2) is 6.29 Å². The number of allylic oxidation sites excluding steroid dienone is 5. The molecule has 286 valence electrons. The molecule has 1 aliphatic heterocycles. The lowest BCUT2D eigenvalue weighted by Crippen LogP contribution is -2.60. The number of amides is 1. The minimum Gasteiger partial charge on any atom is -0.394 e. The molecule has 0 saturated carbocycles. The summed E-state index contributed by atoms with van der Waals surface area (Å²) in [4.78, 5) is 12.9. The second-order valence-electron chi connectivity index (χ2n) is 13.5. The van der Waals surface area contributed by atoms with Crippen molar-refractivity contribution in [3.05, 3.63) is 36.5 Å². The molecule has 7 N–H and O–H groups in total. The number of ether oxygens (including phenoxy) is 2. The highest BCUT2D eigenvalue weighted by molar-refractivity contribution is 5.80. The molecule has 0 radical (unpaired) electrons. The molecule has 1 heterocycles. The Balaban J connectivity index is 2.57. The van der Waals surface area contributed by atoms with Crippen molar-refractivity contribution in [3.63, 3.8) is 0 Å². The third kappa shape index (κ3) is 21.4. The summed E-state index contributed by atoms with van der Waals surface area (Å²) in [5, 5.41) is 64.1. The Morgan fingerprint density at radius 2 is 1.22 bits per heavy atom. The third-order valence-electron chi connectivity index (χ3n) is 9.04. The summed E-state index contributed by atoms with van der Waals surface area (Å²) in [6, 6.07) is -0.999. The Morgan fingerprint density at radius 1 is 0.694 bits per heavy atom. The maximum Gasteiger partial charge on any atom is 0.249 e. The van der Waals surface area contributed by atoms with Crippen LogP contribution in [0.15, 0.2) is 36.5 Å². The summed E-state index contributed by atoms with van der Waals surface area (Å²) >= 11 is 0. The van der Waals surface area contributed by atoms with E-state index in [9.17, 15) is 35.4 Å². The number of hydrogen-bond acceptors (Lipinski definition) is 9. The predicted octanol–water partition coefficient (Wildman–Crippen LogP) is 5.52. The topological polar surface area (TPSA) is 169 Å². The second kappa shape index (κ2) is 30.0. The van der Waals surface area contributed by atoms with Gasteiger partial charge in [-0.25, -0.2) is 0 Å². The lowest BCUT2D eigenvalue weighted by atomic mass is 9.99. The fourth-order valence-corrected chi connectivity index (χ4v) is 5.74. The van der Waals surface area contributed by atoms with Gasteiger partial charge in [0.2, 0.25) is 5.91 Å². The van der Waals surface area contributed by atoms with E-state index in [0.29, 0.717) is 12.8 Å². The van der Waals surface area contributed by atoms with Crippen molar-refractivity contribution < 1.29 is 44.9 Å². The van der Waals surface area contributed by atoms with Crippen molar-refractivity contribution in [2.45, 2.75) is 191 Å². The number of carbonyl (C=O) groups excluding carboxylic acids is 1. The molecule has 8 atom stereocenters. The molecular weight excluding hydrogens is 626 g/mol. The molecule has 49 heavy (non-hydrogen) atoms. The van der Waals surface area contributed by atoms with Crippen molar-refractivity contribution in [3.8, 4) is 0 Å². The zero-order chi connectivity index (χ0) is 36.1. The summed E-state index contributed by atoms with van der Waals surface area (Å²) in [5.41, 5.74) is 0. The number of hydrogen-bond donors (Lipinski definition) is 7. The Morgan fingerprint density at radius 3 is 1.84 bits per heavy atom. The van der Waals surface area contributed by atoms with Crippen LogP contribution in [-0.4, -0.2) is 98.7 Å². The van der Waals surface area contributed by atoms with E-state index in [1.54, 1.807) is 6.08 Å². The minimum absolute atomic E-state index is 0.281. The van der Waals surface area contributed by atoms with Gasteiger partial charge in [-0.15, -0.1) is 0 Å². The van der Waals surface area contributed by atoms with E-state index in [4.69, 9.17) is 9.47 Å². The molecule has 1 amide bonds. The van der Waals surface area contributed by atoms with Crippen LogP contribution in [0.3, 0.4) is 0 Å². The maximum atomic E-state index is 12.9. The van der Waals surface area contributed by atoms with Crippen molar-refractivity contribution in [2.75, 3.05) is 13.2 Å². The highest BCUT2D eigenvalue weighted by atomic mass is 16.7. The van der Waals surface area contributed by atoms with E-state index < -0.39 is 61.5 Å². The van der Waals surface area contributed by atoms with Gasteiger partial charge >= 0.3 is 0 Å². The summed E-state index contributed by atoms with van der Waals surface area (Å²) in [5.74, 6) is -0.645. The normalized spacial score (nSPS) is 23.5. The number of carbonyl (C=O) groups is 1. The SMILES string of the molecule is CCCC/C=C\CCCCCC(O)C(=O)NC(COC1OC(CO)C(O)C(O)C1O)C(O)/C=C/CC/C=C/CCCCCCCCCCC. The summed E-state index contributed by atoms with van der Waals surface area (Å²) in [6.45, 7) is 3.48. The zero-order valence-electron chi connectivity index (χ0n) is 30.5. The van der Waals surface area contributed by atoms with Crippen LogP contribution >= 0.6 is 0 Å². The van der Waals surface area contributed by atoms with Crippen LogP contribution in [0.4, 0.5) is 0 Å². The van der Waals surface area contributed by atoms with E-state index in [1.807, 2.05) is 6.08 Å². The van der Waals surface area contributed by atoms with Gasteiger partial charge in [0.05, 0.1) is 25.4 Å². The summed E-state index contributed by atoms with van der Waals surface area (Å²) in [7, 11) is 0. The first-order valence-corrected chi connectivity index (χ1v) is 19.3. The van der Waals surface area contributed by atoms with Crippen molar-refractivity contribution in [1.82, 2.24) is 5.32 Å². The zero-order valence-corrected chi connectivity index (χ0v) is 30.5. The van der Waals surface area contributed by atoms with Gasteiger partial charge in [-0.3, -0.25) is 4.79 Å². The Labute approximate surface area is 296 Å². The van der Waals surface area contributed by atoms with Gasteiger partial charge in [-0.05, 0) is 51.4 Å². The summed E-state index contributed by atoms with van der Waals surface area (Å²) in [6.07, 6.45) is 23.9. The van der Waals surface area contributed by atoms with Crippen molar-refractivity contribution >= 4 is 5.91 Å². The standard InChI is InChI=1S/C39H71NO9/c1-3-5-7-9-11-13-14-15-16-17-18-20-21-23-25-27-32(42)31(30-48-39-37(46)36(45)35(44)34(29-41)49-39)40-38(47)33(43)28-26-24-22-19-12-10-8-6-4-2/h10,12,18,20,25,27,31-37,39,41-46H,3-9,11,13-17,19,21-24,26,28-30H2,1-2H3,(H,40,47)/b12-10-,20-18+,27-25+. The van der Waals surface area contributed by atoms with Crippen LogP contribution in [0, 0.1) is 0 Å². The molecule has 1 saturated heterocycles. The molecule has 1 aliphatic rings. The molecule has 1 rings (SSSR count). The largest absolute Gasteiger partial charge is 0.394 e. The van der Waals surface area contributed by atoms with E-state index >= 15 is 0 Å². The van der Waals surface area contributed by atoms with Crippen LogP contribution in [0.5, 0.6) is 0 Å². The molecule has 10 nitrogen and oxygen atoms in total. The molecule has 1 fully saturated rings. The van der Waals surface area contributed by atoms with Crippen LogP contribution in [0.25, 0.3) is 0 Å². The van der Waals surface area contributed by atoms with Gasteiger partial charge in [-0.2, -0.15) is 0 Å². The molecule has 0 aromatic carbocycles. The summed E-state index contributed by atoms with van der Waals surface area (Å²) < 4.78 is 11.0. The molecule has 0 aromatic rings. The highest BCUT2D eigenvalue weighted by Gasteiger charge is 2.44. The van der Waals surface area contributed by atoms with Crippen molar-refractivity contribution in [2.24, 2.45) is 0 Å². The Kier molecular flexibility index (Phi) is 27.8. The Hall–Kier alpha value is -1.63. The third-order valence-corrected chi connectivity index (χ3v) is 9.04. The van der Waals surface area contributed by atoms with Crippen LogP contribution in [0.2, 0.25) is 0 Å². The van der Waals surface area contributed by atoms with Gasteiger partial charge in [0.25, 0.3) is 0 Å². The van der Waals surface area contributed by atoms with Crippen LogP contribution in [0.1, 0.15) is 142 Å².